The van der Waals surface area contributed by atoms with E-state index >= 15 is 0 Å². The molecule has 27 heavy (non-hydrogen) atoms. The van der Waals surface area contributed by atoms with Gasteiger partial charge in [-0.15, -0.1) is 0 Å². The van der Waals surface area contributed by atoms with Gasteiger partial charge in [-0.05, 0) is 24.3 Å². The number of hydrogen-bond donors (Lipinski definition) is 2. The summed E-state index contributed by atoms with van der Waals surface area (Å²) in [5.41, 5.74) is 1.35. The molecule has 8 nitrogen and oxygen atoms in total. The number of benzene rings is 2. The van der Waals surface area contributed by atoms with Gasteiger partial charge >= 0.3 is 0 Å². The summed E-state index contributed by atoms with van der Waals surface area (Å²) in [6, 6.07) is 12.5. The predicted octanol–water partition coefficient (Wildman–Crippen LogP) is 2.23. The first kappa shape index (κ1) is 20.4. The first-order valence-corrected chi connectivity index (χ1v) is 9.88. The van der Waals surface area contributed by atoms with Crippen LogP contribution in [0.4, 0.5) is 5.69 Å². The number of hydrogen-bond acceptors (Lipinski definition) is 6. The predicted molar refractivity (Wildman–Crippen MR) is 105 cm³/mol. The van der Waals surface area contributed by atoms with Crippen molar-refractivity contribution < 1.29 is 22.6 Å². The van der Waals surface area contributed by atoms with Gasteiger partial charge in [-0.25, -0.2) is 13.4 Å². The lowest BCUT2D eigenvalue weighted by Gasteiger charge is -2.14. The zero-order chi connectivity index (χ0) is 19.9. The van der Waals surface area contributed by atoms with Crippen LogP contribution in [0.1, 0.15) is 5.56 Å². The van der Waals surface area contributed by atoms with Gasteiger partial charge in [-0.3, -0.25) is 4.72 Å². The average Bonchev–Trinajstić information content (AvgIpc) is 2.65. The minimum absolute atomic E-state index is 0.0693. The molecule has 0 aliphatic carbocycles. The van der Waals surface area contributed by atoms with Crippen LogP contribution in [0.5, 0.6) is 17.2 Å². The lowest BCUT2D eigenvalue weighted by Crippen LogP contribution is -2.35. The van der Waals surface area contributed by atoms with Crippen molar-refractivity contribution in [3.63, 3.8) is 0 Å². The molecule has 0 saturated heterocycles. The van der Waals surface area contributed by atoms with Crippen molar-refractivity contribution >= 4 is 21.7 Å². The van der Waals surface area contributed by atoms with E-state index in [2.05, 4.69) is 15.0 Å². The summed E-state index contributed by atoms with van der Waals surface area (Å²) in [5, 5.41) is 2.95. The highest BCUT2D eigenvalue weighted by molar-refractivity contribution is 7.89. The topological polar surface area (TPSA) is 98.2 Å². The maximum absolute atomic E-state index is 11.7. The second kappa shape index (κ2) is 9.13. The highest BCUT2D eigenvalue weighted by Gasteiger charge is 2.11. The summed E-state index contributed by atoms with van der Waals surface area (Å²) >= 11 is 0. The molecule has 2 N–H and O–H groups in total. The van der Waals surface area contributed by atoms with Crippen molar-refractivity contribution in [2.24, 2.45) is 4.99 Å². The van der Waals surface area contributed by atoms with E-state index in [9.17, 15) is 8.42 Å². The van der Waals surface area contributed by atoms with Crippen LogP contribution in [-0.2, 0) is 16.6 Å². The number of nitrogens with zero attached hydrogens (tertiary/aromatic N) is 1. The first-order valence-electron chi connectivity index (χ1n) is 7.99. The Morgan fingerprint density at radius 3 is 2.33 bits per heavy atom. The van der Waals surface area contributed by atoms with E-state index in [1.807, 2.05) is 12.1 Å². The Morgan fingerprint density at radius 2 is 1.70 bits per heavy atom. The van der Waals surface area contributed by atoms with Gasteiger partial charge in [0.25, 0.3) is 0 Å². The largest absolute Gasteiger partial charge is 0.497 e. The van der Waals surface area contributed by atoms with Crippen molar-refractivity contribution in [2.45, 2.75) is 6.54 Å². The molecular weight excluding hydrogens is 370 g/mol. The van der Waals surface area contributed by atoms with Crippen molar-refractivity contribution in [1.29, 1.82) is 0 Å². The van der Waals surface area contributed by atoms with Crippen LogP contribution in [0.3, 0.4) is 0 Å². The van der Waals surface area contributed by atoms with Crippen molar-refractivity contribution in [2.75, 3.05) is 32.9 Å². The van der Waals surface area contributed by atoms with E-state index in [4.69, 9.17) is 14.2 Å². The first-order chi connectivity index (χ1) is 12.9. The van der Waals surface area contributed by atoms with Gasteiger partial charge < -0.3 is 19.5 Å². The maximum Gasteiger partial charge on any atom is 0.232 e. The summed E-state index contributed by atoms with van der Waals surface area (Å²) in [5.74, 6) is 1.87. The number of methoxy groups -OCH3 is 3. The monoisotopic (exact) mass is 393 g/mol. The minimum atomic E-state index is -3.53. The molecule has 2 aromatic carbocycles. The van der Waals surface area contributed by atoms with Gasteiger partial charge in [0.15, 0.2) is 0 Å². The normalized spacial score (nSPS) is 11.6. The van der Waals surface area contributed by atoms with Crippen LogP contribution in [0, 0.1) is 0 Å². The molecule has 0 atom stereocenters. The lowest BCUT2D eigenvalue weighted by atomic mass is 10.2. The Bertz CT molecular complexity index is 913. The molecule has 0 aliphatic heterocycles. The number of sulfonamides is 1. The molecule has 0 radical (unpaired) electrons. The van der Waals surface area contributed by atoms with Crippen molar-refractivity contribution in [3.8, 4) is 17.2 Å². The fourth-order valence-corrected chi connectivity index (χ4v) is 2.76. The molecule has 2 rings (SSSR count). The molecule has 0 aromatic heterocycles. The van der Waals surface area contributed by atoms with Crippen LogP contribution in [0.15, 0.2) is 47.5 Å². The SMILES string of the molecule is COc1ccc(CN=C(Nc2ccccc2OC)NS(C)(=O)=O)c(OC)c1. The molecule has 2 aromatic rings. The third-order valence-electron chi connectivity index (χ3n) is 3.54. The molecule has 0 unspecified atom stereocenters. The molecule has 0 amide bonds. The van der Waals surface area contributed by atoms with Crippen LogP contribution in [0.25, 0.3) is 0 Å². The van der Waals surface area contributed by atoms with Crippen molar-refractivity contribution in [1.82, 2.24) is 4.72 Å². The molecule has 0 saturated carbocycles. The summed E-state index contributed by atoms with van der Waals surface area (Å²) in [6.07, 6.45) is 1.06. The Labute approximate surface area is 159 Å². The molecule has 0 aliphatic rings. The standard InChI is InChI=1S/C18H23N3O5S/c1-24-14-10-9-13(17(11-14)26-3)12-19-18(21-27(4,22)23)20-15-7-5-6-8-16(15)25-2/h5-11H,12H2,1-4H3,(H2,19,20,21). The van der Waals surface area contributed by atoms with Gasteiger partial charge in [-0.1, -0.05) is 12.1 Å². The number of aliphatic imine (C=N–C) groups is 1. The van der Waals surface area contributed by atoms with Crippen LogP contribution >= 0.6 is 0 Å². The lowest BCUT2D eigenvalue weighted by molar-refractivity contribution is 0.391. The van der Waals surface area contributed by atoms with E-state index in [-0.39, 0.29) is 12.5 Å². The summed E-state index contributed by atoms with van der Waals surface area (Å²) in [6.45, 7) is 0.188. The van der Waals surface area contributed by atoms with Gasteiger partial charge in [0.05, 0.1) is 39.8 Å². The Morgan fingerprint density at radius 1 is 1.00 bits per heavy atom. The van der Waals surface area contributed by atoms with E-state index in [1.54, 1.807) is 44.6 Å². The number of guanidine groups is 1. The fraction of sp³-hybridized carbons (Fsp3) is 0.278. The molecule has 0 bridgehead atoms. The van der Waals surface area contributed by atoms with Gasteiger partial charge in [-0.2, -0.15) is 0 Å². The second-order valence-corrected chi connectivity index (χ2v) is 7.29. The third kappa shape index (κ3) is 6.07. The van der Waals surface area contributed by atoms with Gasteiger partial charge in [0, 0.05) is 11.6 Å². The van der Waals surface area contributed by atoms with Gasteiger partial charge in [0.2, 0.25) is 16.0 Å². The Kier molecular flexibility index (Phi) is 6.89. The summed E-state index contributed by atoms with van der Waals surface area (Å²) < 4.78 is 41.6. The van der Waals surface area contributed by atoms with Crippen LogP contribution < -0.4 is 24.2 Å². The molecule has 0 fully saturated rings. The molecule has 0 heterocycles. The second-order valence-electron chi connectivity index (χ2n) is 5.54. The highest BCUT2D eigenvalue weighted by Crippen LogP contribution is 2.26. The summed E-state index contributed by atoms with van der Waals surface area (Å²) in [7, 11) is 1.12. The molecular formula is C18H23N3O5S. The Balaban J connectivity index is 2.31. The van der Waals surface area contributed by atoms with Crippen molar-refractivity contribution in [3.05, 3.63) is 48.0 Å². The summed E-state index contributed by atoms with van der Waals surface area (Å²) in [4.78, 5) is 4.35. The maximum atomic E-state index is 11.7. The average molecular weight is 393 g/mol. The number of rotatable bonds is 7. The Hall–Kier alpha value is -2.94. The fourth-order valence-electron chi connectivity index (χ4n) is 2.30. The van der Waals surface area contributed by atoms with Crippen LogP contribution in [0.2, 0.25) is 0 Å². The zero-order valence-corrected chi connectivity index (χ0v) is 16.5. The zero-order valence-electron chi connectivity index (χ0n) is 15.6. The highest BCUT2D eigenvalue weighted by atomic mass is 32.2. The van der Waals surface area contributed by atoms with E-state index in [0.717, 1.165) is 11.8 Å². The molecule has 9 heteroatoms. The van der Waals surface area contributed by atoms with Gasteiger partial charge in [0.1, 0.15) is 17.2 Å². The van der Waals surface area contributed by atoms with Crippen LogP contribution in [-0.4, -0.2) is 42.0 Å². The number of ether oxygens (including phenoxy) is 3. The minimum Gasteiger partial charge on any atom is -0.497 e. The number of nitrogens with one attached hydrogen (secondary N) is 2. The van der Waals surface area contributed by atoms with E-state index in [0.29, 0.717) is 22.9 Å². The third-order valence-corrected chi connectivity index (χ3v) is 4.11. The number of para-hydroxylation sites is 2. The number of anilines is 1. The molecule has 0 spiro atoms. The molecule has 146 valence electrons. The van der Waals surface area contributed by atoms with E-state index in [1.165, 1.54) is 7.11 Å². The quantitative estimate of drug-likeness (QED) is 0.553. The van der Waals surface area contributed by atoms with E-state index < -0.39 is 10.0 Å². The smallest absolute Gasteiger partial charge is 0.232 e.